The first-order valence-corrected chi connectivity index (χ1v) is 4.09. The van der Waals surface area contributed by atoms with E-state index < -0.39 is 12.1 Å². The molecule has 0 saturated heterocycles. The summed E-state index contributed by atoms with van der Waals surface area (Å²) in [6.45, 7) is 3.14. The first-order valence-electron chi connectivity index (χ1n) is 4.09. The molecule has 1 aromatic heterocycles. The van der Waals surface area contributed by atoms with Crippen LogP contribution < -0.4 is 5.73 Å². The van der Waals surface area contributed by atoms with E-state index in [4.69, 9.17) is 5.73 Å². The quantitative estimate of drug-likeness (QED) is 0.718. The smallest absolute Gasteiger partial charge is 0.144 e. The number of aryl methyl sites for hydroxylation is 1. The lowest BCUT2D eigenvalue weighted by molar-refractivity contribution is 0.162. The Kier molecular flexibility index (Phi) is 2.95. The summed E-state index contributed by atoms with van der Waals surface area (Å²) in [6.07, 6.45) is -0.683. The Bertz CT molecular complexity index is 302. The molecule has 1 rings (SSSR count). The van der Waals surface area contributed by atoms with Crippen molar-refractivity contribution in [2.24, 2.45) is 5.73 Å². The van der Waals surface area contributed by atoms with Gasteiger partial charge in [0, 0.05) is 0 Å². The average molecular weight is 184 g/mol. The standard InChI is InChI=1S/C9H13FN2O/c1-5-7(10)3-4-8(12-5)9(11)6(2)13/h3-4,6,9,13H,11H2,1-2H3/t6-,9+/m1/s1. The van der Waals surface area contributed by atoms with Crippen molar-refractivity contribution in [2.45, 2.75) is 26.0 Å². The maximum atomic E-state index is 12.8. The maximum absolute atomic E-state index is 12.8. The van der Waals surface area contributed by atoms with Gasteiger partial charge in [0.05, 0.1) is 23.5 Å². The molecule has 0 saturated carbocycles. The molecule has 1 aromatic rings. The van der Waals surface area contributed by atoms with Gasteiger partial charge in [-0.25, -0.2) is 4.39 Å². The van der Waals surface area contributed by atoms with E-state index in [1.54, 1.807) is 13.8 Å². The van der Waals surface area contributed by atoms with Gasteiger partial charge in [0.2, 0.25) is 0 Å². The highest BCUT2D eigenvalue weighted by molar-refractivity contribution is 5.15. The van der Waals surface area contributed by atoms with E-state index in [2.05, 4.69) is 4.98 Å². The van der Waals surface area contributed by atoms with Crippen LogP contribution in [0.3, 0.4) is 0 Å². The Hall–Kier alpha value is -1.00. The molecule has 72 valence electrons. The second-order valence-electron chi connectivity index (χ2n) is 3.07. The van der Waals surface area contributed by atoms with Crippen molar-refractivity contribution in [1.82, 2.24) is 4.98 Å². The van der Waals surface area contributed by atoms with Gasteiger partial charge in [-0.15, -0.1) is 0 Å². The van der Waals surface area contributed by atoms with E-state index in [9.17, 15) is 9.50 Å². The molecule has 0 aliphatic carbocycles. The molecule has 0 spiro atoms. The molecule has 0 aliphatic rings. The average Bonchev–Trinajstić information content (AvgIpc) is 2.08. The number of rotatable bonds is 2. The van der Waals surface area contributed by atoms with Gasteiger partial charge in [0.25, 0.3) is 0 Å². The molecule has 0 amide bonds. The van der Waals surface area contributed by atoms with Crippen molar-refractivity contribution < 1.29 is 9.50 Å². The summed E-state index contributed by atoms with van der Waals surface area (Å²) in [5.74, 6) is -0.360. The number of pyridine rings is 1. The molecule has 0 radical (unpaired) electrons. The minimum absolute atomic E-state index is 0.300. The Balaban J connectivity index is 2.97. The van der Waals surface area contributed by atoms with Crippen molar-refractivity contribution in [2.75, 3.05) is 0 Å². The van der Waals surface area contributed by atoms with Gasteiger partial charge < -0.3 is 10.8 Å². The van der Waals surface area contributed by atoms with Crippen molar-refractivity contribution in [3.8, 4) is 0 Å². The van der Waals surface area contributed by atoms with Gasteiger partial charge in [0.15, 0.2) is 0 Å². The van der Waals surface area contributed by atoms with E-state index >= 15 is 0 Å². The summed E-state index contributed by atoms with van der Waals surface area (Å²) >= 11 is 0. The van der Waals surface area contributed by atoms with Crippen LogP contribution >= 0.6 is 0 Å². The summed E-state index contributed by atoms with van der Waals surface area (Å²) in [5, 5.41) is 9.18. The van der Waals surface area contributed by atoms with Gasteiger partial charge in [-0.3, -0.25) is 4.98 Å². The zero-order valence-corrected chi connectivity index (χ0v) is 7.66. The molecule has 0 fully saturated rings. The minimum atomic E-state index is -0.683. The normalized spacial score (nSPS) is 15.5. The molecule has 1 heterocycles. The zero-order valence-electron chi connectivity index (χ0n) is 7.66. The number of aromatic nitrogens is 1. The lowest BCUT2D eigenvalue weighted by atomic mass is 10.1. The van der Waals surface area contributed by atoms with Crippen LogP contribution in [0.4, 0.5) is 4.39 Å². The van der Waals surface area contributed by atoms with Crippen LogP contribution in [0, 0.1) is 12.7 Å². The van der Waals surface area contributed by atoms with Gasteiger partial charge in [-0.2, -0.15) is 0 Å². The summed E-state index contributed by atoms with van der Waals surface area (Å²) in [7, 11) is 0. The van der Waals surface area contributed by atoms with E-state index in [-0.39, 0.29) is 5.82 Å². The highest BCUT2D eigenvalue weighted by Crippen LogP contribution is 2.13. The van der Waals surface area contributed by atoms with E-state index in [1.807, 2.05) is 0 Å². The molecule has 0 bridgehead atoms. The Labute approximate surface area is 76.4 Å². The summed E-state index contributed by atoms with van der Waals surface area (Å²) in [4.78, 5) is 3.93. The second kappa shape index (κ2) is 3.81. The number of nitrogens with zero attached hydrogens (tertiary/aromatic N) is 1. The van der Waals surface area contributed by atoms with Crippen molar-refractivity contribution in [3.05, 3.63) is 29.3 Å². The van der Waals surface area contributed by atoms with Crippen molar-refractivity contribution in [3.63, 3.8) is 0 Å². The Morgan fingerprint density at radius 3 is 2.62 bits per heavy atom. The predicted molar refractivity (Wildman–Crippen MR) is 47.5 cm³/mol. The van der Waals surface area contributed by atoms with Crippen LogP contribution in [0.15, 0.2) is 12.1 Å². The summed E-state index contributed by atoms with van der Waals surface area (Å²) in [6, 6.07) is 2.24. The third-order valence-electron chi connectivity index (χ3n) is 1.90. The van der Waals surface area contributed by atoms with Gasteiger partial charge in [-0.1, -0.05) is 0 Å². The molecule has 2 atom stereocenters. The van der Waals surface area contributed by atoms with E-state index in [1.165, 1.54) is 12.1 Å². The third kappa shape index (κ3) is 2.23. The SMILES string of the molecule is Cc1nc([C@@H](N)[C@@H](C)O)ccc1F. The molecule has 3 N–H and O–H groups in total. The third-order valence-corrected chi connectivity index (χ3v) is 1.90. The van der Waals surface area contributed by atoms with Crippen LogP contribution in [0.2, 0.25) is 0 Å². The van der Waals surface area contributed by atoms with E-state index in [0.717, 1.165) is 0 Å². The fraction of sp³-hybridized carbons (Fsp3) is 0.444. The maximum Gasteiger partial charge on any atom is 0.144 e. The lowest BCUT2D eigenvalue weighted by Crippen LogP contribution is -2.24. The molecule has 0 aromatic carbocycles. The van der Waals surface area contributed by atoms with Crippen molar-refractivity contribution in [1.29, 1.82) is 0 Å². The highest BCUT2D eigenvalue weighted by atomic mass is 19.1. The van der Waals surface area contributed by atoms with E-state index in [0.29, 0.717) is 11.4 Å². The monoisotopic (exact) mass is 184 g/mol. The molecular formula is C9H13FN2O. The molecular weight excluding hydrogens is 171 g/mol. The molecule has 13 heavy (non-hydrogen) atoms. The first kappa shape index (κ1) is 10.1. The number of hydrogen-bond donors (Lipinski definition) is 2. The number of halogens is 1. The van der Waals surface area contributed by atoms with Crippen LogP contribution in [0.25, 0.3) is 0 Å². The largest absolute Gasteiger partial charge is 0.391 e. The van der Waals surface area contributed by atoms with Gasteiger partial charge in [0.1, 0.15) is 5.82 Å². The number of aliphatic hydroxyl groups excluding tert-OH is 1. The molecule has 0 unspecified atom stereocenters. The van der Waals surface area contributed by atoms with Gasteiger partial charge >= 0.3 is 0 Å². The van der Waals surface area contributed by atoms with Gasteiger partial charge in [-0.05, 0) is 26.0 Å². The van der Waals surface area contributed by atoms with Crippen LogP contribution in [-0.2, 0) is 0 Å². The highest BCUT2D eigenvalue weighted by Gasteiger charge is 2.14. The van der Waals surface area contributed by atoms with Crippen molar-refractivity contribution >= 4 is 0 Å². The Morgan fingerprint density at radius 1 is 1.54 bits per heavy atom. The first-order chi connectivity index (χ1) is 6.02. The predicted octanol–water partition coefficient (Wildman–Crippen LogP) is 0.910. The molecule has 0 aliphatic heterocycles. The fourth-order valence-electron chi connectivity index (χ4n) is 0.996. The number of nitrogens with two attached hydrogens (primary N) is 1. The fourth-order valence-corrected chi connectivity index (χ4v) is 0.996. The molecule has 3 nitrogen and oxygen atoms in total. The second-order valence-corrected chi connectivity index (χ2v) is 3.07. The lowest BCUT2D eigenvalue weighted by Gasteiger charge is -2.14. The van der Waals surface area contributed by atoms with Crippen LogP contribution in [0.5, 0.6) is 0 Å². The summed E-state index contributed by atoms with van der Waals surface area (Å²) < 4.78 is 12.8. The summed E-state index contributed by atoms with van der Waals surface area (Å²) in [5.41, 5.74) is 6.43. The Morgan fingerprint density at radius 2 is 2.15 bits per heavy atom. The zero-order chi connectivity index (χ0) is 10.0. The minimum Gasteiger partial charge on any atom is -0.391 e. The van der Waals surface area contributed by atoms with Crippen LogP contribution in [0.1, 0.15) is 24.4 Å². The number of aliphatic hydroxyl groups is 1. The molecule has 4 heteroatoms. The van der Waals surface area contributed by atoms with Crippen LogP contribution in [-0.4, -0.2) is 16.2 Å². The number of hydrogen-bond acceptors (Lipinski definition) is 3. The topological polar surface area (TPSA) is 59.1 Å².